The predicted octanol–water partition coefficient (Wildman–Crippen LogP) is 14.8. The summed E-state index contributed by atoms with van der Waals surface area (Å²) in [7, 11) is 0. The maximum Gasteiger partial charge on any atom is 0.0165 e. The molecule has 0 atom stereocenters. The van der Waals surface area contributed by atoms with Crippen LogP contribution in [0.5, 0.6) is 0 Å². The lowest BCUT2D eigenvalue weighted by Gasteiger charge is -2.24. The van der Waals surface area contributed by atoms with Crippen molar-refractivity contribution in [1.82, 2.24) is 0 Å². The van der Waals surface area contributed by atoms with E-state index in [9.17, 15) is 0 Å². The van der Waals surface area contributed by atoms with Gasteiger partial charge in [0.1, 0.15) is 0 Å². The van der Waals surface area contributed by atoms with Crippen molar-refractivity contribution in [2.45, 2.75) is 19.3 Å². The molecule has 10 aromatic rings. The Bertz CT molecular complexity index is 3070. The first-order chi connectivity index (χ1) is 26.1. The Kier molecular flexibility index (Phi) is 6.40. The highest BCUT2D eigenvalue weighted by molar-refractivity contribution is 6.23. The van der Waals surface area contributed by atoms with E-state index in [1.165, 1.54) is 109 Å². The third kappa shape index (κ3) is 4.36. The van der Waals surface area contributed by atoms with Crippen LogP contribution in [0.1, 0.15) is 25.0 Å². The highest BCUT2D eigenvalue weighted by Gasteiger charge is 2.38. The lowest BCUT2D eigenvalue weighted by molar-refractivity contribution is 0.666. The van der Waals surface area contributed by atoms with Crippen LogP contribution >= 0.6 is 0 Å². The third-order valence-electron chi connectivity index (χ3n) is 12.0. The van der Waals surface area contributed by atoms with Crippen LogP contribution in [0.3, 0.4) is 0 Å². The number of hydrogen-bond donors (Lipinski definition) is 0. The first kappa shape index (κ1) is 30.2. The van der Waals surface area contributed by atoms with E-state index in [-0.39, 0.29) is 5.41 Å². The van der Waals surface area contributed by atoms with Gasteiger partial charge in [-0.1, -0.05) is 178 Å². The van der Waals surface area contributed by atoms with Gasteiger partial charge in [0.2, 0.25) is 0 Å². The zero-order chi connectivity index (χ0) is 35.3. The van der Waals surface area contributed by atoms with Gasteiger partial charge in [0.25, 0.3) is 0 Å². The minimum Gasteiger partial charge on any atom is -0.0622 e. The third-order valence-corrected chi connectivity index (χ3v) is 12.0. The second-order valence-corrected chi connectivity index (χ2v) is 15.2. The normalized spacial score (nSPS) is 13.2. The molecule has 0 spiro atoms. The van der Waals surface area contributed by atoms with E-state index in [0.29, 0.717) is 0 Å². The molecule has 0 heteroatoms. The summed E-state index contributed by atoms with van der Waals surface area (Å²) in [5, 5.41) is 13.0. The van der Waals surface area contributed by atoms with Crippen molar-refractivity contribution in [2.75, 3.05) is 0 Å². The topological polar surface area (TPSA) is 0 Å². The van der Waals surface area contributed by atoms with E-state index in [2.05, 4.69) is 196 Å². The summed E-state index contributed by atoms with van der Waals surface area (Å²) in [6, 6.07) is 67.8. The van der Waals surface area contributed by atoms with E-state index < -0.39 is 0 Å². The Morgan fingerprint density at radius 1 is 0.302 bits per heavy atom. The van der Waals surface area contributed by atoms with Crippen molar-refractivity contribution in [1.29, 1.82) is 0 Å². The molecule has 53 heavy (non-hydrogen) atoms. The van der Waals surface area contributed by atoms with Crippen molar-refractivity contribution in [3.8, 4) is 44.5 Å². The van der Waals surface area contributed by atoms with Gasteiger partial charge in [-0.15, -0.1) is 0 Å². The summed E-state index contributed by atoms with van der Waals surface area (Å²) in [6.07, 6.45) is 0. The van der Waals surface area contributed by atoms with Crippen molar-refractivity contribution < 1.29 is 0 Å². The van der Waals surface area contributed by atoms with Crippen LogP contribution in [0.2, 0.25) is 0 Å². The summed E-state index contributed by atoms with van der Waals surface area (Å²) < 4.78 is 0. The lowest BCUT2D eigenvalue weighted by Crippen LogP contribution is -2.15. The molecule has 0 aromatic heterocycles. The number of hydrogen-bond acceptors (Lipinski definition) is 0. The van der Waals surface area contributed by atoms with Gasteiger partial charge >= 0.3 is 0 Å². The molecule has 0 bridgehead atoms. The number of rotatable bonds is 3. The van der Waals surface area contributed by atoms with Crippen LogP contribution in [0.4, 0.5) is 0 Å². The van der Waals surface area contributed by atoms with E-state index in [4.69, 9.17) is 0 Å². The van der Waals surface area contributed by atoms with Gasteiger partial charge in [0, 0.05) is 5.41 Å². The van der Waals surface area contributed by atoms with Gasteiger partial charge in [0.05, 0.1) is 0 Å². The first-order valence-corrected chi connectivity index (χ1v) is 18.7. The second kappa shape index (κ2) is 11.2. The van der Waals surface area contributed by atoms with Crippen LogP contribution in [0.15, 0.2) is 182 Å². The Labute approximate surface area is 309 Å². The quantitative estimate of drug-likeness (QED) is 0.129. The Balaban J connectivity index is 1.15. The zero-order valence-corrected chi connectivity index (χ0v) is 29.8. The van der Waals surface area contributed by atoms with Gasteiger partial charge in [-0.3, -0.25) is 0 Å². The van der Waals surface area contributed by atoms with Crippen molar-refractivity contribution >= 4 is 53.9 Å². The fourth-order valence-corrected chi connectivity index (χ4v) is 9.62. The Morgan fingerprint density at radius 3 is 1.30 bits per heavy atom. The molecule has 1 aliphatic carbocycles. The summed E-state index contributed by atoms with van der Waals surface area (Å²) in [5.74, 6) is 0. The van der Waals surface area contributed by atoms with Crippen LogP contribution in [0.25, 0.3) is 98.4 Å². The first-order valence-electron chi connectivity index (χ1n) is 18.7. The van der Waals surface area contributed by atoms with Gasteiger partial charge in [-0.2, -0.15) is 0 Å². The molecule has 0 heterocycles. The van der Waals surface area contributed by atoms with E-state index >= 15 is 0 Å². The Morgan fingerprint density at radius 2 is 0.717 bits per heavy atom. The van der Waals surface area contributed by atoms with Crippen LogP contribution < -0.4 is 0 Å². The predicted molar refractivity (Wildman–Crippen MR) is 228 cm³/mol. The molecule has 0 aliphatic heterocycles. The molecular formula is C53H36. The summed E-state index contributed by atoms with van der Waals surface area (Å²) >= 11 is 0. The van der Waals surface area contributed by atoms with Crippen molar-refractivity contribution in [2.24, 2.45) is 0 Å². The molecule has 0 unspecified atom stereocenters. The largest absolute Gasteiger partial charge is 0.0622 e. The molecule has 248 valence electrons. The molecule has 0 amide bonds. The van der Waals surface area contributed by atoms with E-state index in [1.807, 2.05) is 0 Å². The van der Waals surface area contributed by atoms with E-state index in [0.717, 1.165) is 0 Å². The molecule has 10 aromatic carbocycles. The molecule has 0 saturated heterocycles. The molecule has 0 nitrogen and oxygen atoms in total. The maximum absolute atomic E-state index is 2.50. The van der Waals surface area contributed by atoms with Crippen LogP contribution in [-0.2, 0) is 5.41 Å². The standard InChI is InChI=1S/C53H36/c1-53(2)48-29-28-38(32-47(48)51-41-18-8-6-16-39(41)40-17-7-13-23-46(40)52(51)53)50-44-21-11-9-19-42(44)49(43-20-10-12-22-45(43)50)37-27-26-35-30-34(24-25-36(35)31-37)33-14-4-3-5-15-33/h3-32H,1-2H3. The van der Waals surface area contributed by atoms with E-state index in [1.54, 1.807) is 0 Å². The molecule has 11 rings (SSSR count). The van der Waals surface area contributed by atoms with Crippen molar-refractivity contribution in [3.05, 3.63) is 193 Å². The summed E-state index contributed by atoms with van der Waals surface area (Å²) in [5.41, 5.74) is 13.0. The van der Waals surface area contributed by atoms with Gasteiger partial charge < -0.3 is 0 Å². The Hall–Kier alpha value is -6.50. The molecule has 0 fully saturated rings. The minimum absolute atomic E-state index is 0.126. The summed E-state index contributed by atoms with van der Waals surface area (Å²) in [6.45, 7) is 4.81. The SMILES string of the molecule is CC1(C)c2ccc(-c3c4ccccc4c(-c4ccc5cc(-c6ccccc6)ccc5c4)c4ccccc34)cc2-c2c1c1ccccc1c1ccccc21. The molecule has 0 radical (unpaired) electrons. The molecule has 0 N–H and O–H groups in total. The molecule has 0 saturated carbocycles. The lowest BCUT2D eigenvalue weighted by atomic mass is 9.79. The highest BCUT2D eigenvalue weighted by Crippen LogP contribution is 2.56. The van der Waals surface area contributed by atoms with Gasteiger partial charge in [0.15, 0.2) is 0 Å². The fourth-order valence-electron chi connectivity index (χ4n) is 9.62. The monoisotopic (exact) mass is 672 g/mol. The minimum atomic E-state index is -0.126. The smallest absolute Gasteiger partial charge is 0.0165 e. The van der Waals surface area contributed by atoms with Crippen molar-refractivity contribution in [3.63, 3.8) is 0 Å². The number of benzene rings is 10. The fraction of sp³-hybridized carbons (Fsp3) is 0.0566. The average Bonchev–Trinajstić information content (AvgIpc) is 3.46. The second-order valence-electron chi connectivity index (χ2n) is 15.2. The highest BCUT2D eigenvalue weighted by atomic mass is 14.4. The van der Waals surface area contributed by atoms with Crippen LogP contribution in [0, 0.1) is 0 Å². The van der Waals surface area contributed by atoms with Gasteiger partial charge in [-0.25, -0.2) is 0 Å². The molecule has 1 aliphatic rings. The zero-order valence-electron chi connectivity index (χ0n) is 29.8. The summed E-state index contributed by atoms with van der Waals surface area (Å²) in [4.78, 5) is 0. The average molecular weight is 673 g/mol. The number of fused-ring (bicyclic) bond motifs is 11. The van der Waals surface area contributed by atoms with Gasteiger partial charge in [-0.05, 0) is 128 Å². The maximum atomic E-state index is 2.50. The molecular weight excluding hydrogens is 637 g/mol. The van der Waals surface area contributed by atoms with Crippen LogP contribution in [-0.4, -0.2) is 0 Å².